The van der Waals surface area contributed by atoms with Gasteiger partial charge in [0.25, 0.3) is 5.91 Å². The largest absolute Gasteiger partial charge is 0.493 e. The average Bonchev–Trinajstić information content (AvgIpc) is 2.88. The van der Waals surface area contributed by atoms with E-state index >= 15 is 0 Å². The average molecular weight is 490 g/mol. The third kappa shape index (κ3) is 7.84. The number of aryl methyl sites for hydroxylation is 1. The molecule has 2 aromatic rings. The van der Waals surface area contributed by atoms with Gasteiger partial charge in [-0.2, -0.15) is 0 Å². The summed E-state index contributed by atoms with van der Waals surface area (Å²) in [6, 6.07) is 4.39. The summed E-state index contributed by atoms with van der Waals surface area (Å²) in [5.74, 6) is -0.219. The zero-order valence-corrected chi connectivity index (χ0v) is 20.5. The number of hydrogen-bond acceptors (Lipinski definition) is 8. The molecule has 1 aliphatic heterocycles. The predicted molar refractivity (Wildman–Crippen MR) is 131 cm³/mol. The molecule has 1 aromatic heterocycles. The molecule has 1 fully saturated rings. The fourth-order valence-corrected chi connectivity index (χ4v) is 3.96. The first-order chi connectivity index (χ1) is 16.9. The predicted octanol–water partition coefficient (Wildman–Crippen LogP) is 1.63. The molecule has 1 amide bonds. The van der Waals surface area contributed by atoms with Crippen LogP contribution in [0, 0.1) is 5.82 Å². The Morgan fingerprint density at radius 3 is 2.57 bits per heavy atom. The molecule has 0 spiro atoms. The van der Waals surface area contributed by atoms with Crippen molar-refractivity contribution in [2.45, 2.75) is 45.3 Å². The highest BCUT2D eigenvalue weighted by atomic mass is 19.1. The number of piperazine rings is 1. The number of benzene rings is 1. The molecule has 0 aliphatic carbocycles. The molecule has 3 N–H and O–H groups in total. The van der Waals surface area contributed by atoms with E-state index < -0.39 is 24.4 Å². The van der Waals surface area contributed by atoms with Crippen LogP contribution in [-0.4, -0.2) is 89.1 Å². The van der Waals surface area contributed by atoms with Gasteiger partial charge in [-0.1, -0.05) is 13.3 Å². The normalized spacial score (nSPS) is 16.1. The van der Waals surface area contributed by atoms with Gasteiger partial charge in [0.1, 0.15) is 11.6 Å². The van der Waals surface area contributed by atoms with E-state index in [0.717, 1.165) is 51.4 Å². The lowest BCUT2D eigenvalue weighted by molar-refractivity contribution is 0.0799. The van der Waals surface area contributed by atoms with E-state index in [1.165, 1.54) is 17.7 Å². The molecule has 3 rings (SSSR count). The van der Waals surface area contributed by atoms with Crippen molar-refractivity contribution in [1.82, 2.24) is 20.2 Å². The van der Waals surface area contributed by atoms with Gasteiger partial charge in [0, 0.05) is 57.2 Å². The monoisotopic (exact) mass is 489 g/mol. The molecule has 1 aromatic carbocycles. The Bertz CT molecular complexity index is 938. The summed E-state index contributed by atoms with van der Waals surface area (Å²) in [7, 11) is 0. The number of nitrogens with zero attached hydrogens (tertiary/aromatic N) is 4. The number of hydrogen-bond donors (Lipinski definition) is 3. The maximum Gasteiger partial charge on any atom is 0.254 e. The zero-order chi connectivity index (χ0) is 25.2. The third-order valence-corrected chi connectivity index (χ3v) is 6.15. The molecule has 0 radical (unpaired) electrons. The summed E-state index contributed by atoms with van der Waals surface area (Å²) >= 11 is 0. The molecule has 1 aliphatic rings. The van der Waals surface area contributed by atoms with Crippen LogP contribution in [0.25, 0.3) is 0 Å². The van der Waals surface area contributed by atoms with Crippen molar-refractivity contribution >= 4 is 11.9 Å². The number of nitrogens with one attached hydrogen (secondary N) is 1. The van der Waals surface area contributed by atoms with Gasteiger partial charge in [-0.15, -0.1) is 0 Å². The van der Waals surface area contributed by atoms with Gasteiger partial charge in [0.15, 0.2) is 0 Å². The Hall–Kier alpha value is -2.82. The highest BCUT2D eigenvalue weighted by molar-refractivity contribution is 5.94. The molecule has 0 saturated carbocycles. The van der Waals surface area contributed by atoms with Gasteiger partial charge in [0.05, 0.1) is 24.9 Å². The van der Waals surface area contributed by atoms with E-state index in [2.05, 4.69) is 38.9 Å². The summed E-state index contributed by atoms with van der Waals surface area (Å²) in [6.45, 7) is 7.63. The van der Waals surface area contributed by atoms with Crippen LogP contribution in [0.5, 0.6) is 5.75 Å². The molecule has 0 bridgehead atoms. The van der Waals surface area contributed by atoms with Crippen LogP contribution in [-0.2, 0) is 6.42 Å². The minimum absolute atomic E-state index is 0.141. The summed E-state index contributed by atoms with van der Waals surface area (Å²) < 4.78 is 20.1. The molecule has 192 valence electrons. The number of ether oxygens (including phenoxy) is 1. The second kappa shape index (κ2) is 13.3. The number of aliphatic hydroxyl groups is 2. The Morgan fingerprint density at radius 1 is 1.23 bits per heavy atom. The van der Waals surface area contributed by atoms with Crippen LogP contribution in [0.2, 0.25) is 0 Å². The number of carbonyl (C=O) groups excluding carboxylic acids is 1. The van der Waals surface area contributed by atoms with E-state index in [0.29, 0.717) is 18.4 Å². The van der Waals surface area contributed by atoms with Crippen molar-refractivity contribution in [1.29, 1.82) is 0 Å². The van der Waals surface area contributed by atoms with Crippen LogP contribution in [0.3, 0.4) is 0 Å². The fraction of sp³-hybridized carbons (Fsp3) is 0.560. The quantitative estimate of drug-likeness (QED) is 0.413. The van der Waals surface area contributed by atoms with Crippen LogP contribution in [0.4, 0.5) is 10.3 Å². The van der Waals surface area contributed by atoms with Gasteiger partial charge in [0.2, 0.25) is 5.95 Å². The summed E-state index contributed by atoms with van der Waals surface area (Å²) in [5.41, 5.74) is 1.02. The maximum absolute atomic E-state index is 14.3. The van der Waals surface area contributed by atoms with Gasteiger partial charge in [-0.25, -0.2) is 14.4 Å². The van der Waals surface area contributed by atoms with Crippen LogP contribution in [0.1, 0.15) is 42.6 Å². The summed E-state index contributed by atoms with van der Waals surface area (Å²) in [4.78, 5) is 25.7. The molecule has 35 heavy (non-hydrogen) atoms. The second-order valence-electron chi connectivity index (χ2n) is 8.84. The Kier molecular flexibility index (Phi) is 10.2. The number of rotatable bonds is 12. The van der Waals surface area contributed by atoms with E-state index in [1.807, 2.05) is 12.4 Å². The second-order valence-corrected chi connectivity index (χ2v) is 8.84. The number of aliphatic hydroxyl groups excluding tert-OH is 2. The van der Waals surface area contributed by atoms with E-state index in [-0.39, 0.29) is 12.1 Å². The van der Waals surface area contributed by atoms with Crippen molar-refractivity contribution < 1.29 is 24.1 Å². The van der Waals surface area contributed by atoms with E-state index in [9.17, 15) is 14.3 Å². The lowest BCUT2D eigenvalue weighted by atomic mass is 10.1. The van der Waals surface area contributed by atoms with Gasteiger partial charge < -0.3 is 25.2 Å². The smallest absolute Gasteiger partial charge is 0.254 e. The van der Waals surface area contributed by atoms with Gasteiger partial charge >= 0.3 is 0 Å². The first kappa shape index (κ1) is 26.8. The first-order valence-electron chi connectivity index (χ1n) is 12.2. The fourth-order valence-electron chi connectivity index (χ4n) is 3.96. The number of anilines is 1. The molecule has 9 nitrogen and oxygen atoms in total. The highest BCUT2D eigenvalue weighted by Crippen LogP contribution is 2.18. The molecule has 2 heterocycles. The summed E-state index contributed by atoms with van der Waals surface area (Å²) in [5, 5.41) is 20.5. The summed E-state index contributed by atoms with van der Waals surface area (Å²) in [6.07, 6.45) is 5.61. The van der Waals surface area contributed by atoms with Crippen molar-refractivity contribution in [3.8, 4) is 5.75 Å². The third-order valence-electron chi connectivity index (χ3n) is 6.15. The Labute approximate surface area is 205 Å². The number of halogens is 1. The Morgan fingerprint density at radius 2 is 1.94 bits per heavy atom. The molecule has 1 saturated heterocycles. The Balaban J connectivity index is 1.40. The van der Waals surface area contributed by atoms with Crippen molar-refractivity contribution in [3.63, 3.8) is 0 Å². The first-order valence-corrected chi connectivity index (χ1v) is 12.2. The maximum atomic E-state index is 14.3. The number of amides is 1. The van der Waals surface area contributed by atoms with Crippen LogP contribution >= 0.6 is 0 Å². The van der Waals surface area contributed by atoms with Crippen molar-refractivity contribution in [2.24, 2.45) is 0 Å². The van der Waals surface area contributed by atoms with E-state index in [4.69, 9.17) is 9.84 Å². The number of aromatic nitrogens is 2. The van der Waals surface area contributed by atoms with Gasteiger partial charge in [-0.3, -0.25) is 9.69 Å². The van der Waals surface area contributed by atoms with Gasteiger partial charge in [-0.05, 0) is 37.5 Å². The molecular weight excluding hydrogens is 453 g/mol. The molecule has 2 atom stereocenters. The lowest BCUT2D eigenvalue weighted by Gasteiger charge is -2.38. The molecule has 10 heteroatoms. The van der Waals surface area contributed by atoms with Crippen LogP contribution < -0.4 is 15.0 Å². The lowest BCUT2D eigenvalue weighted by Crippen LogP contribution is -2.50. The highest BCUT2D eigenvalue weighted by Gasteiger charge is 2.22. The minimum atomic E-state index is -1.08. The zero-order valence-electron chi connectivity index (χ0n) is 20.5. The topological polar surface area (TPSA) is 111 Å². The SMILES string of the molecule is CCCc1cnc(N2CCN(C(C)CCOc3ccc(C(=O)NC[C@@H](O)CO)c(F)c3)CC2)nc1. The molecular formula is C25H36FN5O4. The number of carbonyl (C=O) groups is 1. The minimum Gasteiger partial charge on any atom is -0.493 e. The van der Waals surface area contributed by atoms with Crippen molar-refractivity contribution in [2.75, 3.05) is 50.8 Å². The van der Waals surface area contributed by atoms with Crippen molar-refractivity contribution in [3.05, 3.63) is 47.5 Å². The van der Waals surface area contributed by atoms with Crippen LogP contribution in [0.15, 0.2) is 30.6 Å². The molecule has 1 unspecified atom stereocenters. The standard InChI is InChI=1S/C25H36FN5O4/c1-3-4-19-14-28-25(29-15-19)31-10-8-30(9-11-31)18(2)7-12-35-21-5-6-22(23(26)13-21)24(34)27-16-20(33)17-32/h5-6,13-15,18,20,32-33H,3-4,7-12,16-17H2,1-2H3,(H,27,34)/t18?,20-/m1/s1. The van der Waals surface area contributed by atoms with E-state index in [1.54, 1.807) is 6.07 Å².